The summed E-state index contributed by atoms with van der Waals surface area (Å²) in [7, 11) is 0. The zero-order valence-corrected chi connectivity index (χ0v) is 11.6. The van der Waals surface area contributed by atoms with Gasteiger partial charge in [0.05, 0.1) is 18.1 Å². The average Bonchev–Trinajstić information content (AvgIpc) is 2.77. The van der Waals surface area contributed by atoms with Crippen LogP contribution in [0.1, 0.15) is 34.2 Å². The summed E-state index contributed by atoms with van der Waals surface area (Å²) in [5.41, 5.74) is 4.55. The number of benzene rings is 2. The van der Waals surface area contributed by atoms with Crippen LogP contribution in [0.25, 0.3) is 0 Å². The number of aliphatic hydroxyl groups is 1. The van der Waals surface area contributed by atoms with E-state index in [1.807, 2.05) is 42.5 Å². The lowest BCUT2D eigenvalue weighted by Crippen LogP contribution is -2.40. The van der Waals surface area contributed by atoms with E-state index in [1.54, 1.807) is 0 Å². The molecule has 0 saturated heterocycles. The summed E-state index contributed by atoms with van der Waals surface area (Å²) in [5, 5.41) is 13.3. The molecule has 0 radical (unpaired) electrons. The monoisotopic (exact) mass is 279 g/mol. The molecule has 0 heterocycles. The fourth-order valence-electron chi connectivity index (χ4n) is 3.49. The van der Waals surface area contributed by atoms with Gasteiger partial charge in [-0.1, -0.05) is 48.5 Å². The van der Waals surface area contributed by atoms with Gasteiger partial charge in [0.25, 0.3) is 0 Å². The first kappa shape index (κ1) is 12.6. The van der Waals surface area contributed by atoms with E-state index < -0.39 is 6.10 Å². The number of carbonyl (C=O) groups is 1. The Labute approximate surface area is 123 Å². The molecule has 4 rings (SSSR count). The average molecular weight is 279 g/mol. The second kappa shape index (κ2) is 4.71. The number of amides is 1. The lowest BCUT2D eigenvalue weighted by molar-refractivity contribution is -0.124. The maximum atomic E-state index is 12.5. The summed E-state index contributed by atoms with van der Waals surface area (Å²) in [6.07, 6.45) is 0.885. The fourth-order valence-corrected chi connectivity index (χ4v) is 3.49. The predicted octanol–water partition coefficient (Wildman–Crippen LogP) is 2.10. The molecule has 3 heteroatoms. The first-order valence-corrected chi connectivity index (χ1v) is 7.38. The third-order valence-electron chi connectivity index (χ3n) is 4.67. The van der Waals surface area contributed by atoms with Crippen LogP contribution in [0.3, 0.4) is 0 Å². The van der Waals surface area contributed by atoms with Crippen LogP contribution < -0.4 is 5.32 Å². The van der Waals surface area contributed by atoms with Crippen LogP contribution in [-0.4, -0.2) is 17.1 Å². The number of nitrogens with one attached hydrogen (secondary N) is 1. The van der Waals surface area contributed by atoms with Crippen molar-refractivity contribution in [2.24, 2.45) is 0 Å². The molecule has 0 saturated carbocycles. The lowest BCUT2D eigenvalue weighted by Gasteiger charge is -2.30. The Hall–Kier alpha value is -2.13. The van der Waals surface area contributed by atoms with Crippen LogP contribution in [0.4, 0.5) is 0 Å². The summed E-state index contributed by atoms with van der Waals surface area (Å²) >= 11 is 0. The van der Waals surface area contributed by atoms with Crippen molar-refractivity contribution in [1.82, 2.24) is 5.32 Å². The lowest BCUT2D eigenvalue weighted by atomic mass is 9.77. The van der Waals surface area contributed by atoms with Gasteiger partial charge in [-0.15, -0.1) is 0 Å². The highest BCUT2D eigenvalue weighted by atomic mass is 16.3. The van der Waals surface area contributed by atoms with Crippen molar-refractivity contribution in [2.75, 3.05) is 0 Å². The van der Waals surface area contributed by atoms with Gasteiger partial charge in [-0.3, -0.25) is 4.79 Å². The van der Waals surface area contributed by atoms with Crippen molar-refractivity contribution in [2.45, 2.75) is 30.9 Å². The van der Waals surface area contributed by atoms with Gasteiger partial charge in [-0.2, -0.15) is 0 Å². The minimum atomic E-state index is -0.526. The molecule has 1 unspecified atom stereocenters. The topological polar surface area (TPSA) is 49.3 Å². The molecule has 2 aliphatic rings. The van der Waals surface area contributed by atoms with E-state index in [1.165, 1.54) is 5.56 Å². The second-order valence-corrected chi connectivity index (χ2v) is 5.91. The van der Waals surface area contributed by atoms with E-state index in [0.29, 0.717) is 6.42 Å². The van der Waals surface area contributed by atoms with Gasteiger partial charge in [0, 0.05) is 6.42 Å². The Morgan fingerprint density at radius 3 is 2.29 bits per heavy atom. The molecule has 1 amide bonds. The molecule has 2 aromatic rings. The van der Waals surface area contributed by atoms with Crippen molar-refractivity contribution >= 4 is 5.91 Å². The molecule has 0 bridgehead atoms. The van der Waals surface area contributed by atoms with Gasteiger partial charge in [-0.25, -0.2) is 0 Å². The Balaban J connectivity index is 1.54. The van der Waals surface area contributed by atoms with E-state index in [9.17, 15) is 9.90 Å². The van der Waals surface area contributed by atoms with Crippen LogP contribution in [-0.2, 0) is 17.6 Å². The summed E-state index contributed by atoms with van der Waals surface area (Å²) < 4.78 is 0. The minimum Gasteiger partial charge on any atom is -0.390 e. The van der Waals surface area contributed by atoms with Gasteiger partial charge in [0.1, 0.15) is 0 Å². The van der Waals surface area contributed by atoms with Crippen molar-refractivity contribution in [3.05, 3.63) is 70.8 Å². The summed E-state index contributed by atoms with van der Waals surface area (Å²) in [5.74, 6) is -0.0457. The van der Waals surface area contributed by atoms with Gasteiger partial charge in [0.15, 0.2) is 0 Å². The highest BCUT2D eigenvalue weighted by Gasteiger charge is 2.37. The maximum Gasteiger partial charge on any atom is 0.228 e. The summed E-state index contributed by atoms with van der Waals surface area (Å²) in [6.45, 7) is 0. The van der Waals surface area contributed by atoms with Crippen molar-refractivity contribution < 1.29 is 9.90 Å². The number of carbonyl (C=O) groups excluding carboxylic acids is 1. The van der Waals surface area contributed by atoms with Crippen LogP contribution in [0.5, 0.6) is 0 Å². The highest BCUT2D eigenvalue weighted by molar-refractivity contribution is 5.87. The highest BCUT2D eigenvalue weighted by Crippen LogP contribution is 2.37. The molecule has 0 aromatic heterocycles. The normalized spacial score (nSPS) is 25.7. The molecule has 3 nitrogen and oxygen atoms in total. The van der Waals surface area contributed by atoms with Crippen LogP contribution in [0.15, 0.2) is 48.5 Å². The fraction of sp³-hybridized carbons (Fsp3) is 0.278. The van der Waals surface area contributed by atoms with Crippen LogP contribution in [0.2, 0.25) is 0 Å². The zero-order chi connectivity index (χ0) is 14.4. The molecule has 0 aliphatic heterocycles. The number of hydrogen-bond acceptors (Lipinski definition) is 2. The van der Waals surface area contributed by atoms with Gasteiger partial charge < -0.3 is 10.4 Å². The summed E-state index contributed by atoms with van der Waals surface area (Å²) in [6, 6.07) is 15.7. The third-order valence-corrected chi connectivity index (χ3v) is 4.67. The van der Waals surface area contributed by atoms with E-state index in [-0.39, 0.29) is 17.9 Å². The smallest absolute Gasteiger partial charge is 0.228 e. The predicted molar refractivity (Wildman–Crippen MR) is 79.9 cm³/mol. The number of aliphatic hydroxyl groups excluding tert-OH is 1. The first-order chi connectivity index (χ1) is 10.2. The van der Waals surface area contributed by atoms with Gasteiger partial charge in [-0.05, 0) is 28.7 Å². The van der Waals surface area contributed by atoms with E-state index in [4.69, 9.17) is 0 Å². The molecular weight excluding hydrogens is 262 g/mol. The molecule has 0 spiro atoms. The van der Waals surface area contributed by atoms with Crippen LogP contribution >= 0.6 is 0 Å². The quantitative estimate of drug-likeness (QED) is 0.884. The Bertz CT molecular complexity index is 710. The minimum absolute atomic E-state index is 0.0226. The van der Waals surface area contributed by atoms with Crippen LogP contribution in [0, 0.1) is 0 Å². The second-order valence-electron chi connectivity index (χ2n) is 5.91. The molecule has 106 valence electrons. The molecule has 2 aromatic carbocycles. The molecular formula is C18H17NO2. The van der Waals surface area contributed by atoms with E-state index in [2.05, 4.69) is 11.4 Å². The molecule has 3 atom stereocenters. The first-order valence-electron chi connectivity index (χ1n) is 7.38. The summed E-state index contributed by atoms with van der Waals surface area (Å²) in [4.78, 5) is 12.5. The Morgan fingerprint density at radius 1 is 0.952 bits per heavy atom. The molecule has 2 aliphatic carbocycles. The Morgan fingerprint density at radius 2 is 1.57 bits per heavy atom. The number of hydrogen-bond donors (Lipinski definition) is 2. The van der Waals surface area contributed by atoms with E-state index >= 15 is 0 Å². The van der Waals surface area contributed by atoms with Crippen molar-refractivity contribution in [1.29, 1.82) is 0 Å². The SMILES string of the molecule is O=C(N[C@H]1c2ccccc2C[C@H]1O)C1Cc2ccccc21. The van der Waals surface area contributed by atoms with Gasteiger partial charge in [0.2, 0.25) is 5.91 Å². The number of fused-ring (bicyclic) bond motifs is 2. The Kier molecular flexibility index (Phi) is 2.82. The number of rotatable bonds is 2. The van der Waals surface area contributed by atoms with Gasteiger partial charge >= 0.3 is 0 Å². The maximum absolute atomic E-state index is 12.5. The standard InChI is InChI=1S/C18H17NO2/c20-16-10-12-6-2-4-8-14(12)17(16)19-18(21)15-9-11-5-1-3-7-13(11)15/h1-8,15-17,20H,9-10H2,(H,19,21)/t15?,16-,17+/m1/s1. The molecule has 2 N–H and O–H groups in total. The zero-order valence-electron chi connectivity index (χ0n) is 11.6. The molecule has 0 fully saturated rings. The van der Waals surface area contributed by atoms with E-state index in [0.717, 1.165) is 23.1 Å². The molecule has 21 heavy (non-hydrogen) atoms. The third kappa shape index (κ3) is 1.96. The van der Waals surface area contributed by atoms with Crippen molar-refractivity contribution in [3.63, 3.8) is 0 Å². The van der Waals surface area contributed by atoms with Crippen molar-refractivity contribution in [3.8, 4) is 0 Å². The largest absolute Gasteiger partial charge is 0.390 e.